The highest BCUT2D eigenvalue weighted by Crippen LogP contribution is 2.40. The predicted molar refractivity (Wildman–Crippen MR) is 135 cm³/mol. The van der Waals surface area contributed by atoms with E-state index in [-0.39, 0.29) is 22.3 Å². The molecule has 0 radical (unpaired) electrons. The van der Waals surface area contributed by atoms with Gasteiger partial charge in [-0.2, -0.15) is 5.26 Å². The Morgan fingerprint density at radius 1 is 1.09 bits per heavy atom. The molecule has 2 N–H and O–H groups in total. The number of rotatable bonds is 6. The minimum Gasteiger partial charge on any atom is -0.468 e. The van der Waals surface area contributed by atoms with Gasteiger partial charge >= 0.3 is 5.97 Å². The number of benzene rings is 3. The van der Waals surface area contributed by atoms with Crippen molar-refractivity contribution in [3.8, 4) is 6.07 Å². The van der Waals surface area contributed by atoms with Crippen molar-refractivity contribution in [3.05, 3.63) is 88.5 Å². The largest absolute Gasteiger partial charge is 0.468 e. The summed E-state index contributed by atoms with van der Waals surface area (Å²) in [4.78, 5) is 38.0. The number of hydrogen-bond donors (Lipinski definition) is 2. The Kier molecular flexibility index (Phi) is 7.18. The van der Waals surface area contributed by atoms with Crippen molar-refractivity contribution in [1.29, 1.82) is 5.26 Å². The number of fused-ring (bicyclic) bond motifs is 1. The Hall–Kier alpha value is -4.09. The number of thioether (sulfide) groups is 1. The summed E-state index contributed by atoms with van der Waals surface area (Å²) < 4.78 is 4.86. The zero-order chi connectivity index (χ0) is 24.9. The van der Waals surface area contributed by atoms with Gasteiger partial charge in [0.1, 0.15) is 5.92 Å². The molecule has 0 bridgehead atoms. The minimum absolute atomic E-state index is 0.0306. The number of ether oxygens (including phenoxy) is 1. The lowest BCUT2D eigenvalue weighted by atomic mass is 9.78. The Morgan fingerprint density at radius 2 is 1.80 bits per heavy atom. The van der Waals surface area contributed by atoms with E-state index in [1.54, 1.807) is 12.1 Å². The van der Waals surface area contributed by atoms with E-state index >= 15 is 0 Å². The summed E-state index contributed by atoms with van der Waals surface area (Å²) in [5.74, 6) is -3.62. The molecule has 4 rings (SSSR count). The molecule has 1 heterocycles. The van der Waals surface area contributed by atoms with Crippen LogP contribution in [0.1, 0.15) is 17.0 Å². The molecule has 2 amide bonds. The normalized spacial score (nSPS) is 17.5. The lowest BCUT2D eigenvalue weighted by Gasteiger charge is -2.31. The van der Waals surface area contributed by atoms with Crippen LogP contribution in [0.2, 0.25) is 0 Å². The van der Waals surface area contributed by atoms with Crippen LogP contribution in [0.25, 0.3) is 10.8 Å². The van der Waals surface area contributed by atoms with Crippen LogP contribution in [0.15, 0.2) is 77.3 Å². The molecule has 7 nitrogen and oxygen atoms in total. The van der Waals surface area contributed by atoms with E-state index in [1.165, 1.54) is 7.11 Å². The molecule has 0 aliphatic carbocycles. The lowest BCUT2D eigenvalue weighted by Crippen LogP contribution is -2.44. The number of nitriles is 1. The van der Waals surface area contributed by atoms with Gasteiger partial charge < -0.3 is 15.4 Å². The van der Waals surface area contributed by atoms with Crippen LogP contribution in [0.3, 0.4) is 0 Å². The van der Waals surface area contributed by atoms with E-state index in [0.29, 0.717) is 11.3 Å². The van der Waals surface area contributed by atoms with E-state index in [2.05, 4.69) is 16.7 Å². The minimum atomic E-state index is -1.20. The Labute approximate surface area is 207 Å². The van der Waals surface area contributed by atoms with E-state index in [0.717, 1.165) is 28.1 Å². The number of nitrogens with one attached hydrogen (secondary N) is 2. The number of amides is 2. The van der Waals surface area contributed by atoms with Crippen LogP contribution >= 0.6 is 11.8 Å². The number of esters is 1. The Balaban J connectivity index is 1.57. The highest BCUT2D eigenvalue weighted by atomic mass is 32.2. The summed E-state index contributed by atoms with van der Waals surface area (Å²) in [7, 11) is 1.21. The topological polar surface area (TPSA) is 108 Å². The molecule has 3 aromatic rings. The number of anilines is 1. The van der Waals surface area contributed by atoms with E-state index in [1.807, 2.05) is 61.5 Å². The third-order valence-corrected chi connectivity index (χ3v) is 6.82. The zero-order valence-corrected chi connectivity index (χ0v) is 20.0. The number of hydrogen-bond acceptors (Lipinski definition) is 6. The molecule has 3 aromatic carbocycles. The van der Waals surface area contributed by atoms with Crippen LogP contribution in [-0.4, -0.2) is 30.6 Å². The molecule has 1 aliphatic rings. The molecule has 35 heavy (non-hydrogen) atoms. The summed E-state index contributed by atoms with van der Waals surface area (Å²) >= 11 is 1.05. The molecular formula is C27H23N3O4S. The first-order valence-corrected chi connectivity index (χ1v) is 11.9. The van der Waals surface area contributed by atoms with E-state index in [9.17, 15) is 19.6 Å². The van der Waals surface area contributed by atoms with Crippen molar-refractivity contribution in [1.82, 2.24) is 5.32 Å². The van der Waals surface area contributed by atoms with Crippen molar-refractivity contribution < 1.29 is 19.1 Å². The Bertz CT molecular complexity index is 1380. The van der Waals surface area contributed by atoms with Crippen LogP contribution in [0, 0.1) is 24.2 Å². The Morgan fingerprint density at radius 3 is 2.49 bits per heavy atom. The highest BCUT2D eigenvalue weighted by Gasteiger charge is 2.44. The SMILES string of the molecule is COC(=O)[C@H]1C(=O)NC(SCC(=O)Nc2ccc3ccccc3c2)=C(C#N)[C@H]1c1ccc(C)cc1. The number of nitrogens with zero attached hydrogens (tertiary/aromatic N) is 1. The fourth-order valence-corrected chi connectivity index (χ4v) is 4.90. The number of carbonyl (C=O) groups is 3. The van der Waals surface area contributed by atoms with Crippen LogP contribution in [0.4, 0.5) is 5.69 Å². The van der Waals surface area contributed by atoms with E-state index in [4.69, 9.17) is 4.74 Å². The van der Waals surface area contributed by atoms with Crippen molar-refractivity contribution in [2.24, 2.45) is 5.92 Å². The first kappa shape index (κ1) is 24.0. The van der Waals surface area contributed by atoms with Crippen LogP contribution < -0.4 is 10.6 Å². The lowest BCUT2D eigenvalue weighted by molar-refractivity contribution is -0.150. The summed E-state index contributed by atoms with van der Waals surface area (Å²) in [5.41, 5.74) is 2.52. The van der Waals surface area contributed by atoms with E-state index < -0.39 is 23.7 Å². The number of allylic oxidation sites excluding steroid dienone is 1. The fraction of sp³-hybridized carbons (Fsp3) is 0.185. The van der Waals surface area contributed by atoms with Gasteiger partial charge in [-0.25, -0.2) is 0 Å². The zero-order valence-electron chi connectivity index (χ0n) is 19.2. The van der Waals surface area contributed by atoms with Crippen molar-refractivity contribution in [2.75, 3.05) is 18.2 Å². The summed E-state index contributed by atoms with van der Waals surface area (Å²) in [6.45, 7) is 1.92. The van der Waals surface area contributed by atoms with Crippen molar-refractivity contribution >= 4 is 46.0 Å². The van der Waals surface area contributed by atoms with Crippen molar-refractivity contribution in [2.45, 2.75) is 12.8 Å². The molecule has 0 aromatic heterocycles. The standard InChI is InChI=1S/C27H23N3O4S/c1-16-7-9-18(10-8-16)23-21(14-28)26(30-25(32)24(23)27(33)34-2)35-15-22(31)29-20-12-11-17-5-3-4-6-19(17)13-20/h3-13,23-24H,15H2,1-2H3,(H,29,31)(H,30,32)/t23-,24-/m1/s1. The van der Waals surface area contributed by atoms with Gasteiger partial charge in [0.2, 0.25) is 11.8 Å². The molecule has 0 saturated heterocycles. The number of carbonyl (C=O) groups excluding carboxylic acids is 3. The van der Waals surface area contributed by atoms with Gasteiger partial charge in [-0.1, -0.05) is 71.9 Å². The first-order chi connectivity index (χ1) is 16.9. The molecule has 0 fully saturated rings. The van der Waals surface area contributed by atoms with Gasteiger partial charge in [0.15, 0.2) is 0 Å². The average molecular weight is 486 g/mol. The van der Waals surface area contributed by atoms with Crippen LogP contribution in [-0.2, 0) is 19.1 Å². The molecular weight excluding hydrogens is 462 g/mol. The summed E-state index contributed by atoms with van der Waals surface area (Å²) in [6.07, 6.45) is 0. The van der Waals surface area contributed by atoms with Gasteiger partial charge in [0.05, 0.1) is 29.5 Å². The van der Waals surface area contributed by atoms with Gasteiger partial charge in [-0.3, -0.25) is 14.4 Å². The predicted octanol–water partition coefficient (Wildman–Crippen LogP) is 4.26. The maximum atomic E-state index is 12.9. The fourth-order valence-electron chi connectivity index (χ4n) is 4.06. The quantitative estimate of drug-likeness (QED) is 0.399. The molecule has 0 saturated carbocycles. The molecule has 1 aliphatic heterocycles. The molecule has 0 unspecified atom stereocenters. The van der Waals surface area contributed by atoms with Gasteiger partial charge in [0.25, 0.3) is 0 Å². The second kappa shape index (κ2) is 10.5. The average Bonchev–Trinajstić information content (AvgIpc) is 2.87. The van der Waals surface area contributed by atoms with Gasteiger partial charge in [0, 0.05) is 11.6 Å². The molecule has 8 heteroatoms. The van der Waals surface area contributed by atoms with Crippen molar-refractivity contribution in [3.63, 3.8) is 0 Å². The maximum Gasteiger partial charge on any atom is 0.319 e. The van der Waals surface area contributed by atoms with Gasteiger partial charge in [-0.15, -0.1) is 0 Å². The second-order valence-electron chi connectivity index (χ2n) is 8.13. The number of methoxy groups -OCH3 is 1. The third-order valence-electron chi connectivity index (χ3n) is 5.80. The summed E-state index contributed by atoms with van der Waals surface area (Å²) in [6, 6.07) is 22.9. The molecule has 2 atom stereocenters. The van der Waals surface area contributed by atoms with Gasteiger partial charge in [-0.05, 0) is 35.4 Å². The third kappa shape index (κ3) is 5.20. The molecule has 176 valence electrons. The molecule has 0 spiro atoms. The summed E-state index contributed by atoms with van der Waals surface area (Å²) in [5, 5.41) is 17.8. The first-order valence-electron chi connectivity index (χ1n) is 10.9. The smallest absolute Gasteiger partial charge is 0.319 e. The monoisotopic (exact) mass is 485 g/mol. The maximum absolute atomic E-state index is 12.9. The second-order valence-corrected chi connectivity index (χ2v) is 9.12. The van der Waals surface area contributed by atoms with Crippen LogP contribution in [0.5, 0.6) is 0 Å². The highest BCUT2D eigenvalue weighted by molar-refractivity contribution is 8.03. The number of aryl methyl sites for hydroxylation is 1.